The molecule has 0 spiro atoms. The molecule has 0 bridgehead atoms. The summed E-state index contributed by atoms with van der Waals surface area (Å²) in [4.78, 5) is 13.1. The van der Waals surface area contributed by atoms with Gasteiger partial charge in [-0.3, -0.25) is 4.79 Å². The van der Waals surface area contributed by atoms with E-state index < -0.39 is 0 Å². The van der Waals surface area contributed by atoms with Gasteiger partial charge in [0.1, 0.15) is 0 Å². The van der Waals surface area contributed by atoms with Crippen molar-refractivity contribution >= 4 is 17.2 Å². The zero-order valence-corrected chi connectivity index (χ0v) is 11.4. The molecule has 2 heterocycles. The molecule has 1 fully saturated rings. The predicted octanol–water partition coefficient (Wildman–Crippen LogP) is 2.38. The lowest BCUT2D eigenvalue weighted by molar-refractivity contribution is -0.121. The van der Waals surface area contributed by atoms with Crippen LogP contribution in [0.1, 0.15) is 48.6 Å². The Kier molecular flexibility index (Phi) is 3.66. The summed E-state index contributed by atoms with van der Waals surface area (Å²) in [7, 11) is 0. The first-order valence-corrected chi connectivity index (χ1v) is 7.80. The van der Waals surface area contributed by atoms with Gasteiger partial charge in [0, 0.05) is 29.9 Å². The molecule has 3 rings (SSSR count). The average Bonchev–Trinajstić information content (AvgIpc) is 2.75. The highest BCUT2D eigenvalue weighted by molar-refractivity contribution is 7.10. The third-order valence-corrected chi connectivity index (χ3v) is 4.97. The van der Waals surface area contributed by atoms with E-state index >= 15 is 0 Å². The fourth-order valence-electron chi connectivity index (χ4n) is 3.06. The summed E-state index contributed by atoms with van der Waals surface area (Å²) in [5, 5.41) is 8.86. The highest BCUT2D eigenvalue weighted by atomic mass is 32.1. The Morgan fingerprint density at radius 2 is 2.28 bits per heavy atom. The van der Waals surface area contributed by atoms with Crippen molar-refractivity contribution in [1.29, 1.82) is 0 Å². The molecule has 1 aliphatic heterocycles. The van der Waals surface area contributed by atoms with Crippen molar-refractivity contribution < 1.29 is 4.79 Å². The van der Waals surface area contributed by atoms with Gasteiger partial charge in [-0.1, -0.05) is 0 Å². The van der Waals surface area contributed by atoms with Crippen LogP contribution in [0.25, 0.3) is 0 Å². The molecule has 1 aliphatic carbocycles. The highest BCUT2D eigenvalue weighted by Gasteiger charge is 2.25. The van der Waals surface area contributed by atoms with Gasteiger partial charge < -0.3 is 10.6 Å². The maximum absolute atomic E-state index is 11.6. The van der Waals surface area contributed by atoms with Crippen LogP contribution in [0.5, 0.6) is 0 Å². The number of carbonyl (C=O) groups excluding carboxylic acids is 1. The maximum Gasteiger partial charge on any atom is 0.221 e. The number of carbonyl (C=O) groups is 1. The summed E-state index contributed by atoms with van der Waals surface area (Å²) >= 11 is 1.88. The Morgan fingerprint density at radius 3 is 3.22 bits per heavy atom. The Balaban J connectivity index is 1.68. The van der Waals surface area contributed by atoms with Crippen molar-refractivity contribution in [3.05, 3.63) is 21.9 Å². The molecule has 1 saturated heterocycles. The van der Waals surface area contributed by atoms with E-state index in [2.05, 4.69) is 22.1 Å². The number of nitrogens with one attached hydrogen (secondary N) is 2. The zero-order chi connectivity index (χ0) is 12.4. The van der Waals surface area contributed by atoms with Gasteiger partial charge in [0.2, 0.25) is 5.91 Å². The SMILES string of the molecule is O=C1CC(NC2CCCc3sccc32)CCCN1. The van der Waals surface area contributed by atoms with Crippen LogP contribution in [0.4, 0.5) is 0 Å². The minimum atomic E-state index is 0.200. The minimum Gasteiger partial charge on any atom is -0.356 e. The van der Waals surface area contributed by atoms with Crippen molar-refractivity contribution in [2.45, 2.75) is 50.6 Å². The molecule has 0 saturated carbocycles. The van der Waals surface area contributed by atoms with Gasteiger partial charge in [-0.05, 0) is 49.1 Å². The summed E-state index contributed by atoms with van der Waals surface area (Å²) in [6, 6.07) is 3.08. The summed E-state index contributed by atoms with van der Waals surface area (Å²) in [6.07, 6.45) is 6.54. The number of aryl methyl sites for hydroxylation is 1. The van der Waals surface area contributed by atoms with Crippen molar-refractivity contribution in [1.82, 2.24) is 10.6 Å². The first kappa shape index (κ1) is 12.2. The van der Waals surface area contributed by atoms with Gasteiger partial charge in [-0.2, -0.15) is 0 Å². The molecule has 1 amide bonds. The minimum absolute atomic E-state index is 0.200. The average molecular weight is 264 g/mol. The van der Waals surface area contributed by atoms with E-state index in [-0.39, 0.29) is 5.91 Å². The van der Waals surface area contributed by atoms with Crippen molar-refractivity contribution in [3.63, 3.8) is 0 Å². The molecule has 4 heteroatoms. The number of fused-ring (bicyclic) bond motifs is 1. The molecule has 2 aliphatic rings. The highest BCUT2D eigenvalue weighted by Crippen LogP contribution is 2.34. The van der Waals surface area contributed by atoms with Gasteiger partial charge in [0.25, 0.3) is 0 Å². The molecule has 2 unspecified atom stereocenters. The van der Waals surface area contributed by atoms with Crippen LogP contribution in [0.2, 0.25) is 0 Å². The number of rotatable bonds is 2. The van der Waals surface area contributed by atoms with Gasteiger partial charge in [0.05, 0.1) is 0 Å². The van der Waals surface area contributed by atoms with E-state index in [1.807, 2.05) is 11.3 Å². The van der Waals surface area contributed by atoms with Crippen LogP contribution in [-0.2, 0) is 11.2 Å². The van der Waals surface area contributed by atoms with Crippen LogP contribution in [0, 0.1) is 0 Å². The summed E-state index contributed by atoms with van der Waals surface area (Å²) in [6.45, 7) is 0.839. The van der Waals surface area contributed by atoms with Gasteiger partial charge in [0.15, 0.2) is 0 Å². The van der Waals surface area contributed by atoms with E-state index in [1.165, 1.54) is 29.7 Å². The Morgan fingerprint density at radius 1 is 1.33 bits per heavy atom. The predicted molar refractivity (Wildman–Crippen MR) is 73.8 cm³/mol. The second kappa shape index (κ2) is 5.41. The van der Waals surface area contributed by atoms with Crippen LogP contribution in [0.3, 0.4) is 0 Å². The van der Waals surface area contributed by atoms with E-state index in [9.17, 15) is 4.79 Å². The molecule has 0 aromatic carbocycles. The van der Waals surface area contributed by atoms with E-state index in [0.717, 1.165) is 19.4 Å². The van der Waals surface area contributed by atoms with E-state index in [0.29, 0.717) is 18.5 Å². The van der Waals surface area contributed by atoms with Gasteiger partial charge in [-0.15, -0.1) is 11.3 Å². The van der Waals surface area contributed by atoms with Crippen LogP contribution in [0.15, 0.2) is 11.4 Å². The molecule has 2 N–H and O–H groups in total. The van der Waals surface area contributed by atoms with Crippen LogP contribution in [-0.4, -0.2) is 18.5 Å². The standard InChI is InChI=1S/C14H20N2OS/c17-14-9-10(3-2-7-15-14)16-12-4-1-5-13-11(12)6-8-18-13/h6,8,10,12,16H,1-5,7,9H2,(H,15,17). The Labute approximate surface area is 112 Å². The summed E-state index contributed by atoms with van der Waals surface area (Å²) in [5.74, 6) is 0.200. The lowest BCUT2D eigenvalue weighted by atomic mass is 9.92. The van der Waals surface area contributed by atoms with Crippen LogP contribution < -0.4 is 10.6 Å². The van der Waals surface area contributed by atoms with Crippen molar-refractivity contribution in [2.75, 3.05) is 6.54 Å². The largest absolute Gasteiger partial charge is 0.356 e. The van der Waals surface area contributed by atoms with Crippen molar-refractivity contribution in [2.24, 2.45) is 0 Å². The molecule has 3 nitrogen and oxygen atoms in total. The smallest absolute Gasteiger partial charge is 0.221 e. The molecular weight excluding hydrogens is 244 g/mol. The van der Waals surface area contributed by atoms with E-state index in [1.54, 1.807) is 0 Å². The number of thiophene rings is 1. The normalized spacial score (nSPS) is 28.3. The monoisotopic (exact) mass is 264 g/mol. The Bertz CT molecular complexity index is 429. The topological polar surface area (TPSA) is 41.1 Å². The van der Waals surface area contributed by atoms with E-state index in [4.69, 9.17) is 0 Å². The molecule has 1 aromatic rings. The summed E-state index contributed by atoms with van der Waals surface area (Å²) < 4.78 is 0. The van der Waals surface area contributed by atoms with Crippen LogP contribution >= 0.6 is 11.3 Å². The number of hydrogen-bond donors (Lipinski definition) is 2. The first-order chi connectivity index (χ1) is 8.83. The lowest BCUT2D eigenvalue weighted by Gasteiger charge is -2.28. The first-order valence-electron chi connectivity index (χ1n) is 6.92. The molecule has 18 heavy (non-hydrogen) atoms. The fraction of sp³-hybridized carbons (Fsp3) is 0.643. The molecule has 98 valence electrons. The quantitative estimate of drug-likeness (QED) is 0.861. The number of hydrogen-bond acceptors (Lipinski definition) is 3. The lowest BCUT2D eigenvalue weighted by Crippen LogP contribution is -2.36. The second-order valence-corrected chi connectivity index (χ2v) is 6.30. The Hall–Kier alpha value is -0.870. The van der Waals surface area contributed by atoms with Crippen molar-refractivity contribution in [3.8, 4) is 0 Å². The summed E-state index contributed by atoms with van der Waals surface area (Å²) in [5.41, 5.74) is 1.48. The zero-order valence-electron chi connectivity index (χ0n) is 10.6. The third-order valence-electron chi connectivity index (χ3n) is 3.97. The molecular formula is C14H20N2OS. The number of amides is 1. The molecule has 2 atom stereocenters. The van der Waals surface area contributed by atoms with Gasteiger partial charge in [-0.25, -0.2) is 0 Å². The molecule has 1 aromatic heterocycles. The third kappa shape index (κ3) is 2.59. The molecule has 0 radical (unpaired) electrons. The maximum atomic E-state index is 11.6. The second-order valence-electron chi connectivity index (χ2n) is 5.30. The van der Waals surface area contributed by atoms with Gasteiger partial charge >= 0.3 is 0 Å². The fourth-order valence-corrected chi connectivity index (χ4v) is 4.05.